The summed E-state index contributed by atoms with van der Waals surface area (Å²) < 4.78 is 1.88. The van der Waals surface area contributed by atoms with Gasteiger partial charge in [-0.05, 0) is 5.56 Å². The summed E-state index contributed by atoms with van der Waals surface area (Å²) in [5, 5.41) is 0. The minimum absolute atomic E-state index is 0.0927. The van der Waals surface area contributed by atoms with Crippen LogP contribution in [0.1, 0.15) is 22.0 Å². The van der Waals surface area contributed by atoms with Gasteiger partial charge in [0.25, 0.3) is 0 Å². The number of rotatable bonds is 1. The Balaban J connectivity index is 2.04. The summed E-state index contributed by atoms with van der Waals surface area (Å²) >= 11 is 0. The largest absolute Gasteiger partial charge is 0.326 e. The van der Waals surface area contributed by atoms with Gasteiger partial charge in [0.1, 0.15) is 6.04 Å². The lowest BCUT2D eigenvalue weighted by Crippen LogP contribution is -2.13. The minimum atomic E-state index is -0.0927. The molecular formula is C12H10N2O. The van der Waals surface area contributed by atoms with Crippen LogP contribution in [0.15, 0.2) is 43.0 Å². The van der Waals surface area contributed by atoms with Gasteiger partial charge in [-0.3, -0.25) is 4.79 Å². The fraction of sp³-hybridized carbons (Fsp3) is 0.167. The molecule has 15 heavy (non-hydrogen) atoms. The van der Waals surface area contributed by atoms with E-state index in [0.717, 1.165) is 17.5 Å². The van der Waals surface area contributed by atoms with E-state index in [1.165, 1.54) is 0 Å². The molecule has 1 heterocycles. The molecule has 0 bridgehead atoms. The molecule has 74 valence electrons. The molecule has 0 saturated carbocycles. The van der Waals surface area contributed by atoms with Crippen LogP contribution in [0.2, 0.25) is 0 Å². The van der Waals surface area contributed by atoms with Crippen LogP contribution in [-0.2, 0) is 6.42 Å². The number of aromatic nitrogens is 2. The van der Waals surface area contributed by atoms with Crippen LogP contribution in [0, 0.1) is 0 Å². The van der Waals surface area contributed by atoms with Gasteiger partial charge in [-0.2, -0.15) is 0 Å². The van der Waals surface area contributed by atoms with Gasteiger partial charge in [0.05, 0.1) is 6.33 Å². The Bertz CT molecular complexity index is 502. The predicted octanol–water partition coefficient (Wildman–Crippen LogP) is 1.86. The van der Waals surface area contributed by atoms with E-state index in [1.807, 2.05) is 35.0 Å². The second kappa shape index (κ2) is 3.05. The summed E-state index contributed by atoms with van der Waals surface area (Å²) in [6, 6.07) is 7.71. The van der Waals surface area contributed by atoms with Gasteiger partial charge < -0.3 is 4.57 Å². The monoisotopic (exact) mass is 198 g/mol. The second-order valence-electron chi connectivity index (χ2n) is 3.75. The van der Waals surface area contributed by atoms with Gasteiger partial charge in [0.15, 0.2) is 5.78 Å². The minimum Gasteiger partial charge on any atom is -0.326 e. The molecule has 1 atom stereocenters. The van der Waals surface area contributed by atoms with Crippen molar-refractivity contribution in [1.29, 1.82) is 0 Å². The predicted molar refractivity (Wildman–Crippen MR) is 55.7 cm³/mol. The highest BCUT2D eigenvalue weighted by atomic mass is 16.1. The van der Waals surface area contributed by atoms with Crippen molar-refractivity contribution < 1.29 is 4.79 Å². The molecule has 0 spiro atoms. The van der Waals surface area contributed by atoms with E-state index in [1.54, 1.807) is 12.5 Å². The number of hydrogen-bond donors (Lipinski definition) is 0. The molecule has 0 saturated heterocycles. The number of carbonyl (C=O) groups excluding carboxylic acids is 1. The molecular weight excluding hydrogens is 188 g/mol. The molecule has 3 heteroatoms. The molecule has 0 aliphatic heterocycles. The van der Waals surface area contributed by atoms with Crippen molar-refractivity contribution in [3.63, 3.8) is 0 Å². The van der Waals surface area contributed by atoms with Gasteiger partial charge in [-0.15, -0.1) is 0 Å². The molecule has 3 nitrogen and oxygen atoms in total. The van der Waals surface area contributed by atoms with Crippen LogP contribution in [0.5, 0.6) is 0 Å². The maximum Gasteiger partial charge on any atom is 0.186 e. The molecule has 0 amide bonds. The van der Waals surface area contributed by atoms with Crippen LogP contribution < -0.4 is 0 Å². The van der Waals surface area contributed by atoms with Gasteiger partial charge in [-0.1, -0.05) is 24.3 Å². The summed E-state index contributed by atoms with van der Waals surface area (Å²) in [4.78, 5) is 16.0. The van der Waals surface area contributed by atoms with Crippen molar-refractivity contribution in [2.24, 2.45) is 0 Å². The van der Waals surface area contributed by atoms with Gasteiger partial charge in [-0.25, -0.2) is 4.98 Å². The Kier molecular flexibility index (Phi) is 1.71. The Morgan fingerprint density at radius 1 is 1.33 bits per heavy atom. The number of benzene rings is 1. The number of imidazole rings is 1. The molecule has 1 aliphatic carbocycles. The molecule has 3 rings (SSSR count). The molecule has 1 aromatic carbocycles. The third-order valence-electron chi connectivity index (χ3n) is 2.88. The van der Waals surface area contributed by atoms with Crippen molar-refractivity contribution in [3.05, 3.63) is 54.1 Å². The van der Waals surface area contributed by atoms with Crippen LogP contribution in [0.25, 0.3) is 0 Å². The smallest absolute Gasteiger partial charge is 0.186 e. The fourth-order valence-electron chi connectivity index (χ4n) is 2.11. The van der Waals surface area contributed by atoms with Crippen molar-refractivity contribution in [2.75, 3.05) is 0 Å². The summed E-state index contributed by atoms with van der Waals surface area (Å²) in [7, 11) is 0. The molecule has 0 N–H and O–H groups in total. The maximum atomic E-state index is 12.0. The highest BCUT2D eigenvalue weighted by Crippen LogP contribution is 2.29. The molecule has 0 fully saturated rings. The normalized spacial score (nSPS) is 19.2. The first-order valence-electron chi connectivity index (χ1n) is 4.96. The van der Waals surface area contributed by atoms with Crippen molar-refractivity contribution in [1.82, 2.24) is 9.55 Å². The quantitative estimate of drug-likeness (QED) is 0.701. The zero-order chi connectivity index (χ0) is 10.3. The number of fused-ring (bicyclic) bond motifs is 1. The standard InChI is InChI=1S/C12H10N2O/c15-12-10-4-2-1-3-9(10)7-11(12)14-6-5-13-8-14/h1-6,8,11H,7H2. The first-order chi connectivity index (χ1) is 7.36. The summed E-state index contributed by atoms with van der Waals surface area (Å²) in [6.45, 7) is 0. The summed E-state index contributed by atoms with van der Waals surface area (Å²) in [5.41, 5.74) is 2.00. The highest BCUT2D eigenvalue weighted by Gasteiger charge is 2.30. The third-order valence-corrected chi connectivity index (χ3v) is 2.88. The Morgan fingerprint density at radius 3 is 2.93 bits per heavy atom. The lowest BCUT2D eigenvalue weighted by molar-refractivity contribution is 0.0942. The first kappa shape index (κ1) is 8.41. The second-order valence-corrected chi connectivity index (χ2v) is 3.75. The molecule has 1 aliphatic rings. The summed E-state index contributed by atoms with van der Waals surface area (Å²) in [6.07, 6.45) is 6.03. The van der Waals surface area contributed by atoms with E-state index in [9.17, 15) is 4.79 Å². The molecule has 1 aromatic heterocycles. The molecule has 0 radical (unpaired) electrons. The van der Waals surface area contributed by atoms with E-state index in [-0.39, 0.29) is 11.8 Å². The summed E-state index contributed by atoms with van der Waals surface area (Å²) in [5.74, 6) is 0.198. The Hall–Kier alpha value is -1.90. The van der Waals surface area contributed by atoms with Crippen LogP contribution in [0.3, 0.4) is 0 Å². The number of hydrogen-bond acceptors (Lipinski definition) is 2. The van der Waals surface area contributed by atoms with E-state index in [2.05, 4.69) is 4.98 Å². The van der Waals surface area contributed by atoms with E-state index < -0.39 is 0 Å². The van der Waals surface area contributed by atoms with Gasteiger partial charge in [0, 0.05) is 24.4 Å². The Morgan fingerprint density at radius 2 is 2.20 bits per heavy atom. The lowest BCUT2D eigenvalue weighted by atomic mass is 10.1. The number of ketones is 1. The van der Waals surface area contributed by atoms with Crippen LogP contribution in [-0.4, -0.2) is 15.3 Å². The zero-order valence-electron chi connectivity index (χ0n) is 8.13. The zero-order valence-corrected chi connectivity index (χ0v) is 8.13. The van der Waals surface area contributed by atoms with Crippen molar-refractivity contribution in [3.8, 4) is 0 Å². The number of Topliss-reactive ketones (excluding diaryl/α,β-unsaturated/α-hetero) is 1. The average Bonchev–Trinajstić information content (AvgIpc) is 2.87. The topological polar surface area (TPSA) is 34.9 Å². The third kappa shape index (κ3) is 1.20. The first-order valence-corrected chi connectivity index (χ1v) is 4.96. The van der Waals surface area contributed by atoms with Gasteiger partial charge >= 0.3 is 0 Å². The molecule has 1 unspecified atom stereocenters. The molecule has 2 aromatic rings. The maximum absolute atomic E-state index is 12.0. The van der Waals surface area contributed by atoms with Crippen molar-refractivity contribution in [2.45, 2.75) is 12.5 Å². The average molecular weight is 198 g/mol. The van der Waals surface area contributed by atoms with E-state index in [0.29, 0.717) is 0 Å². The fourth-order valence-corrected chi connectivity index (χ4v) is 2.11. The van der Waals surface area contributed by atoms with Crippen molar-refractivity contribution >= 4 is 5.78 Å². The SMILES string of the molecule is O=C1c2ccccc2CC1n1ccnc1. The van der Waals surface area contributed by atoms with Crippen LogP contribution in [0.4, 0.5) is 0 Å². The number of nitrogens with zero attached hydrogens (tertiary/aromatic N) is 2. The van der Waals surface area contributed by atoms with E-state index >= 15 is 0 Å². The highest BCUT2D eigenvalue weighted by molar-refractivity contribution is 6.03. The van der Waals surface area contributed by atoms with E-state index in [4.69, 9.17) is 0 Å². The lowest BCUT2D eigenvalue weighted by Gasteiger charge is -2.08. The van der Waals surface area contributed by atoms with Crippen LogP contribution >= 0.6 is 0 Å². The Labute approximate surface area is 87.4 Å². The number of carbonyl (C=O) groups is 1. The van der Waals surface area contributed by atoms with Gasteiger partial charge in [0.2, 0.25) is 0 Å².